The van der Waals surface area contributed by atoms with E-state index in [4.69, 9.17) is 9.47 Å². The molecule has 0 amide bonds. The van der Waals surface area contributed by atoms with Gasteiger partial charge in [0.1, 0.15) is 18.4 Å². The van der Waals surface area contributed by atoms with Crippen LogP contribution in [0, 0.1) is 13.8 Å². The first-order valence-electron chi connectivity index (χ1n) is 6.69. The summed E-state index contributed by atoms with van der Waals surface area (Å²) < 4.78 is 10.8. The lowest BCUT2D eigenvalue weighted by Gasteiger charge is -2.18. The Morgan fingerprint density at radius 1 is 1.32 bits per heavy atom. The second-order valence-electron chi connectivity index (χ2n) is 4.37. The molecule has 1 unspecified atom stereocenters. The molecule has 0 aromatic heterocycles. The molecule has 0 saturated carbocycles. The summed E-state index contributed by atoms with van der Waals surface area (Å²) in [5.74, 6) is 0.543. The highest BCUT2D eigenvalue weighted by atomic mass is 16.5. The lowest BCUT2D eigenvalue weighted by molar-refractivity contribution is -0.146. The molecule has 1 aromatic rings. The van der Waals surface area contributed by atoms with E-state index >= 15 is 0 Å². The summed E-state index contributed by atoms with van der Waals surface area (Å²) in [4.78, 5) is 11.7. The Morgan fingerprint density at radius 3 is 2.68 bits per heavy atom. The first kappa shape index (κ1) is 15.5. The number of carbonyl (C=O) groups excluding carboxylic acids is 1. The molecule has 1 rings (SSSR count). The van der Waals surface area contributed by atoms with Crippen LogP contribution >= 0.6 is 0 Å². The average Bonchev–Trinajstić information content (AvgIpc) is 2.39. The molecule has 106 valence electrons. The van der Waals surface area contributed by atoms with Gasteiger partial charge in [-0.3, -0.25) is 4.79 Å². The minimum absolute atomic E-state index is 0.269. The Kier molecular flexibility index (Phi) is 6.36. The van der Waals surface area contributed by atoms with Crippen LogP contribution in [0.4, 0.5) is 0 Å². The van der Waals surface area contributed by atoms with Crippen LogP contribution in [0.5, 0.6) is 5.75 Å². The molecule has 1 N–H and O–H groups in total. The number of hydrogen-bond donors (Lipinski definition) is 1. The lowest BCUT2D eigenvalue weighted by atomic mass is 10.1. The van der Waals surface area contributed by atoms with Gasteiger partial charge < -0.3 is 14.8 Å². The van der Waals surface area contributed by atoms with Gasteiger partial charge in [-0.1, -0.05) is 19.1 Å². The largest absolute Gasteiger partial charge is 0.491 e. The number of carbonyl (C=O) groups is 1. The topological polar surface area (TPSA) is 47.6 Å². The zero-order chi connectivity index (χ0) is 14.3. The van der Waals surface area contributed by atoms with E-state index < -0.39 is 6.04 Å². The number of likely N-dealkylation sites (N-methyl/N-ethyl adjacent to an activating group) is 1. The van der Waals surface area contributed by atoms with E-state index in [-0.39, 0.29) is 12.6 Å². The fraction of sp³-hybridized carbons (Fsp3) is 0.533. The second-order valence-corrected chi connectivity index (χ2v) is 4.37. The van der Waals surface area contributed by atoms with Gasteiger partial charge in [0.25, 0.3) is 0 Å². The smallest absolute Gasteiger partial charge is 0.326 e. The molecule has 1 atom stereocenters. The number of ether oxygens (including phenoxy) is 2. The minimum atomic E-state index is -0.426. The third-order valence-electron chi connectivity index (χ3n) is 2.98. The Labute approximate surface area is 115 Å². The molecule has 0 aliphatic heterocycles. The van der Waals surface area contributed by atoms with E-state index in [1.807, 2.05) is 39.0 Å². The van der Waals surface area contributed by atoms with Gasteiger partial charge in [0.05, 0.1) is 6.61 Å². The van der Waals surface area contributed by atoms with Crippen LogP contribution in [0.25, 0.3) is 0 Å². The molecule has 0 radical (unpaired) electrons. The maximum atomic E-state index is 11.7. The van der Waals surface area contributed by atoms with E-state index in [2.05, 4.69) is 5.32 Å². The van der Waals surface area contributed by atoms with E-state index in [9.17, 15) is 4.79 Å². The summed E-state index contributed by atoms with van der Waals surface area (Å²) in [6.07, 6.45) is 0. The van der Waals surface area contributed by atoms with Crippen LogP contribution in [0.1, 0.15) is 25.0 Å². The zero-order valence-corrected chi connectivity index (χ0v) is 12.2. The molecule has 19 heavy (non-hydrogen) atoms. The van der Waals surface area contributed by atoms with Crippen molar-refractivity contribution in [2.75, 3.05) is 19.8 Å². The van der Waals surface area contributed by atoms with Crippen molar-refractivity contribution in [3.05, 3.63) is 29.3 Å². The molecule has 0 saturated heterocycles. The monoisotopic (exact) mass is 265 g/mol. The lowest BCUT2D eigenvalue weighted by Crippen LogP contribution is -2.42. The van der Waals surface area contributed by atoms with Crippen LogP contribution in [-0.4, -0.2) is 31.8 Å². The van der Waals surface area contributed by atoms with E-state index in [0.717, 1.165) is 11.3 Å². The highest BCUT2D eigenvalue weighted by Crippen LogP contribution is 2.20. The molecule has 0 spiro atoms. The third-order valence-corrected chi connectivity index (χ3v) is 2.98. The summed E-state index contributed by atoms with van der Waals surface area (Å²) in [5.41, 5.74) is 2.27. The number of esters is 1. The quantitative estimate of drug-likeness (QED) is 0.768. The van der Waals surface area contributed by atoms with Crippen LogP contribution in [0.2, 0.25) is 0 Å². The van der Waals surface area contributed by atoms with Gasteiger partial charge in [-0.2, -0.15) is 0 Å². The maximum Gasteiger partial charge on any atom is 0.326 e. The average molecular weight is 265 g/mol. The summed E-state index contributed by atoms with van der Waals surface area (Å²) in [6.45, 7) is 9.14. The van der Waals surface area contributed by atoms with Gasteiger partial charge in [0, 0.05) is 0 Å². The standard InChI is InChI=1S/C15H23NO3/c1-5-16-13(15(17)18-6-2)10-19-14-9-7-8-11(3)12(14)4/h7-9,13,16H,5-6,10H2,1-4H3. The minimum Gasteiger partial charge on any atom is -0.491 e. The highest BCUT2D eigenvalue weighted by molar-refractivity contribution is 5.76. The zero-order valence-electron chi connectivity index (χ0n) is 12.2. The van der Waals surface area contributed by atoms with Crippen LogP contribution < -0.4 is 10.1 Å². The maximum absolute atomic E-state index is 11.7. The first-order chi connectivity index (χ1) is 9.10. The molecule has 0 aliphatic carbocycles. The van der Waals surface area contributed by atoms with Crippen molar-refractivity contribution in [2.45, 2.75) is 33.7 Å². The molecule has 4 heteroatoms. The highest BCUT2D eigenvalue weighted by Gasteiger charge is 2.19. The summed E-state index contributed by atoms with van der Waals surface area (Å²) in [7, 11) is 0. The van der Waals surface area contributed by atoms with Crippen molar-refractivity contribution in [1.82, 2.24) is 5.32 Å². The molecule has 0 aliphatic rings. The summed E-state index contributed by atoms with van der Waals surface area (Å²) in [5, 5.41) is 3.07. The SMILES string of the molecule is CCNC(COc1cccc(C)c1C)C(=O)OCC. The fourth-order valence-corrected chi connectivity index (χ4v) is 1.75. The summed E-state index contributed by atoms with van der Waals surface area (Å²) >= 11 is 0. The number of nitrogens with one attached hydrogen (secondary N) is 1. The van der Waals surface area contributed by atoms with Gasteiger partial charge in [-0.05, 0) is 44.5 Å². The van der Waals surface area contributed by atoms with Crippen molar-refractivity contribution >= 4 is 5.97 Å². The van der Waals surface area contributed by atoms with E-state index in [1.54, 1.807) is 6.92 Å². The van der Waals surface area contributed by atoms with Gasteiger partial charge in [-0.15, -0.1) is 0 Å². The van der Waals surface area contributed by atoms with E-state index in [1.165, 1.54) is 5.56 Å². The fourth-order valence-electron chi connectivity index (χ4n) is 1.75. The second kappa shape index (κ2) is 7.79. The molecule has 0 bridgehead atoms. The van der Waals surface area contributed by atoms with E-state index in [0.29, 0.717) is 13.2 Å². The summed E-state index contributed by atoms with van der Waals surface area (Å²) in [6, 6.07) is 5.47. The van der Waals surface area contributed by atoms with Crippen molar-refractivity contribution < 1.29 is 14.3 Å². The van der Waals surface area contributed by atoms with Crippen LogP contribution in [-0.2, 0) is 9.53 Å². The molecular formula is C15H23NO3. The van der Waals surface area contributed by atoms with Gasteiger partial charge in [0.2, 0.25) is 0 Å². The molecule has 0 fully saturated rings. The van der Waals surface area contributed by atoms with Gasteiger partial charge in [-0.25, -0.2) is 0 Å². The van der Waals surface area contributed by atoms with Crippen LogP contribution in [0.3, 0.4) is 0 Å². The Morgan fingerprint density at radius 2 is 2.05 bits per heavy atom. The predicted molar refractivity (Wildman–Crippen MR) is 75.5 cm³/mol. The molecule has 0 heterocycles. The number of aryl methyl sites for hydroxylation is 1. The van der Waals surface area contributed by atoms with Gasteiger partial charge >= 0.3 is 5.97 Å². The normalized spacial score (nSPS) is 12.0. The Balaban J connectivity index is 2.65. The number of rotatable bonds is 7. The number of hydrogen-bond acceptors (Lipinski definition) is 4. The van der Waals surface area contributed by atoms with Crippen molar-refractivity contribution in [1.29, 1.82) is 0 Å². The van der Waals surface area contributed by atoms with Crippen molar-refractivity contribution in [2.24, 2.45) is 0 Å². The molecular weight excluding hydrogens is 242 g/mol. The van der Waals surface area contributed by atoms with Crippen molar-refractivity contribution in [3.8, 4) is 5.75 Å². The number of benzene rings is 1. The van der Waals surface area contributed by atoms with Crippen LogP contribution in [0.15, 0.2) is 18.2 Å². The predicted octanol–water partition coefficient (Wildman–Crippen LogP) is 2.22. The molecule has 1 aromatic carbocycles. The van der Waals surface area contributed by atoms with Gasteiger partial charge in [0.15, 0.2) is 0 Å². The molecule has 4 nitrogen and oxygen atoms in total. The third kappa shape index (κ3) is 4.56. The Hall–Kier alpha value is -1.55. The first-order valence-corrected chi connectivity index (χ1v) is 6.69. The Bertz CT molecular complexity index is 418. The van der Waals surface area contributed by atoms with Crippen molar-refractivity contribution in [3.63, 3.8) is 0 Å².